The molecule has 4 heteroatoms. The molecule has 1 aromatic carbocycles. The summed E-state index contributed by atoms with van der Waals surface area (Å²) in [5.74, 6) is 0.838. The molecule has 3 nitrogen and oxygen atoms in total. The molecule has 2 rings (SSSR count). The quantitative estimate of drug-likeness (QED) is 0.719. The SMILES string of the molecule is Cc1ccc(Cl)cc1-c1nncn1C. The zero-order valence-electron chi connectivity index (χ0n) is 8.03. The number of nitrogens with zero attached hydrogens (tertiary/aromatic N) is 3. The molecule has 72 valence electrons. The summed E-state index contributed by atoms with van der Waals surface area (Å²) in [6, 6.07) is 5.75. The number of rotatable bonds is 1. The van der Waals surface area contributed by atoms with Gasteiger partial charge in [-0.1, -0.05) is 17.7 Å². The molecule has 2 aromatic rings. The van der Waals surface area contributed by atoms with Crippen molar-refractivity contribution in [3.63, 3.8) is 0 Å². The fourth-order valence-corrected chi connectivity index (χ4v) is 1.53. The number of halogens is 1. The number of hydrogen-bond acceptors (Lipinski definition) is 2. The maximum absolute atomic E-state index is 5.93. The van der Waals surface area contributed by atoms with Crippen LogP contribution in [0.2, 0.25) is 5.02 Å². The normalized spacial score (nSPS) is 10.5. The van der Waals surface area contributed by atoms with Gasteiger partial charge in [0.25, 0.3) is 0 Å². The minimum atomic E-state index is 0.716. The molecule has 0 saturated heterocycles. The van der Waals surface area contributed by atoms with Crippen molar-refractivity contribution in [1.29, 1.82) is 0 Å². The Morgan fingerprint density at radius 2 is 2.14 bits per heavy atom. The second-order valence-electron chi connectivity index (χ2n) is 3.22. The molecule has 0 atom stereocenters. The summed E-state index contributed by atoms with van der Waals surface area (Å²) < 4.78 is 1.87. The average molecular weight is 208 g/mol. The number of aryl methyl sites for hydroxylation is 2. The molecule has 0 aliphatic carbocycles. The minimum absolute atomic E-state index is 0.716. The third-order valence-electron chi connectivity index (χ3n) is 2.15. The molecule has 0 aliphatic rings. The summed E-state index contributed by atoms with van der Waals surface area (Å²) in [5.41, 5.74) is 2.17. The Morgan fingerprint density at radius 3 is 2.79 bits per heavy atom. The Bertz CT molecular complexity index is 462. The summed E-state index contributed by atoms with van der Waals surface area (Å²) in [4.78, 5) is 0. The van der Waals surface area contributed by atoms with Crippen LogP contribution in [0, 0.1) is 6.92 Å². The maximum Gasteiger partial charge on any atom is 0.163 e. The Morgan fingerprint density at radius 1 is 1.36 bits per heavy atom. The fourth-order valence-electron chi connectivity index (χ4n) is 1.36. The second-order valence-corrected chi connectivity index (χ2v) is 3.66. The van der Waals surface area contributed by atoms with E-state index in [0.717, 1.165) is 17.0 Å². The van der Waals surface area contributed by atoms with Crippen LogP contribution in [0.1, 0.15) is 5.56 Å². The first kappa shape index (κ1) is 9.21. The lowest BCUT2D eigenvalue weighted by molar-refractivity contribution is 0.918. The molecule has 0 saturated carbocycles. The number of aromatic nitrogens is 3. The Hall–Kier alpha value is -1.35. The van der Waals surface area contributed by atoms with Crippen molar-refractivity contribution in [2.24, 2.45) is 7.05 Å². The van der Waals surface area contributed by atoms with Crippen molar-refractivity contribution in [2.75, 3.05) is 0 Å². The van der Waals surface area contributed by atoms with Gasteiger partial charge >= 0.3 is 0 Å². The second kappa shape index (κ2) is 3.42. The van der Waals surface area contributed by atoms with E-state index in [1.54, 1.807) is 6.33 Å². The van der Waals surface area contributed by atoms with Gasteiger partial charge in [0, 0.05) is 17.6 Å². The van der Waals surface area contributed by atoms with Gasteiger partial charge in [-0.2, -0.15) is 0 Å². The Balaban J connectivity index is 2.62. The number of hydrogen-bond donors (Lipinski definition) is 0. The van der Waals surface area contributed by atoms with Crippen LogP contribution >= 0.6 is 11.6 Å². The first-order valence-electron chi connectivity index (χ1n) is 4.29. The highest BCUT2D eigenvalue weighted by Crippen LogP contribution is 2.24. The van der Waals surface area contributed by atoms with E-state index >= 15 is 0 Å². The molecule has 1 aromatic heterocycles. The van der Waals surface area contributed by atoms with Crippen molar-refractivity contribution in [2.45, 2.75) is 6.92 Å². The summed E-state index contributed by atoms with van der Waals surface area (Å²) in [7, 11) is 1.91. The molecule has 0 amide bonds. The van der Waals surface area contributed by atoms with Crippen LogP contribution in [0.25, 0.3) is 11.4 Å². The van der Waals surface area contributed by atoms with Crippen molar-refractivity contribution in [3.8, 4) is 11.4 Å². The third kappa shape index (κ3) is 1.51. The smallest absolute Gasteiger partial charge is 0.163 e. The lowest BCUT2D eigenvalue weighted by Crippen LogP contribution is -1.93. The van der Waals surface area contributed by atoms with Crippen LogP contribution < -0.4 is 0 Å². The van der Waals surface area contributed by atoms with Gasteiger partial charge in [-0.25, -0.2) is 0 Å². The molecular formula is C10H10ClN3. The van der Waals surface area contributed by atoms with Gasteiger partial charge in [-0.3, -0.25) is 0 Å². The first-order chi connectivity index (χ1) is 6.68. The molecule has 0 unspecified atom stereocenters. The molecule has 0 spiro atoms. The lowest BCUT2D eigenvalue weighted by Gasteiger charge is -2.04. The lowest BCUT2D eigenvalue weighted by atomic mass is 10.1. The molecule has 0 aliphatic heterocycles. The number of benzene rings is 1. The molecular weight excluding hydrogens is 198 g/mol. The van der Waals surface area contributed by atoms with E-state index in [1.807, 2.05) is 36.7 Å². The van der Waals surface area contributed by atoms with Crippen LogP contribution in [0.15, 0.2) is 24.5 Å². The monoisotopic (exact) mass is 207 g/mol. The summed E-state index contributed by atoms with van der Waals surface area (Å²) >= 11 is 5.93. The van der Waals surface area contributed by atoms with E-state index in [9.17, 15) is 0 Å². The first-order valence-corrected chi connectivity index (χ1v) is 4.67. The third-order valence-corrected chi connectivity index (χ3v) is 2.39. The molecule has 0 fully saturated rings. The van der Waals surface area contributed by atoms with Crippen LogP contribution in [0.5, 0.6) is 0 Å². The van der Waals surface area contributed by atoms with Crippen LogP contribution in [0.3, 0.4) is 0 Å². The molecule has 0 bridgehead atoms. The van der Waals surface area contributed by atoms with E-state index < -0.39 is 0 Å². The van der Waals surface area contributed by atoms with Gasteiger partial charge in [-0.15, -0.1) is 10.2 Å². The van der Waals surface area contributed by atoms with Gasteiger partial charge < -0.3 is 4.57 Å². The van der Waals surface area contributed by atoms with Gasteiger partial charge in [0.2, 0.25) is 0 Å². The summed E-state index contributed by atoms with van der Waals surface area (Å²) in [6.07, 6.45) is 1.68. The highest BCUT2D eigenvalue weighted by Gasteiger charge is 2.07. The van der Waals surface area contributed by atoms with E-state index in [-0.39, 0.29) is 0 Å². The van der Waals surface area contributed by atoms with E-state index in [2.05, 4.69) is 10.2 Å². The van der Waals surface area contributed by atoms with Crippen molar-refractivity contribution >= 4 is 11.6 Å². The Labute approximate surface area is 87.3 Å². The van der Waals surface area contributed by atoms with Gasteiger partial charge in [0.05, 0.1) is 0 Å². The summed E-state index contributed by atoms with van der Waals surface area (Å²) in [6.45, 7) is 2.03. The highest BCUT2D eigenvalue weighted by atomic mass is 35.5. The minimum Gasteiger partial charge on any atom is -0.317 e. The van der Waals surface area contributed by atoms with Crippen LogP contribution in [-0.2, 0) is 7.05 Å². The van der Waals surface area contributed by atoms with Gasteiger partial charge in [0.1, 0.15) is 6.33 Å². The van der Waals surface area contributed by atoms with Crippen LogP contribution in [0.4, 0.5) is 0 Å². The predicted molar refractivity (Wildman–Crippen MR) is 56.2 cm³/mol. The molecule has 0 radical (unpaired) electrons. The van der Waals surface area contributed by atoms with E-state index in [4.69, 9.17) is 11.6 Å². The van der Waals surface area contributed by atoms with E-state index in [1.165, 1.54) is 0 Å². The predicted octanol–water partition coefficient (Wildman–Crippen LogP) is 2.44. The van der Waals surface area contributed by atoms with Crippen molar-refractivity contribution < 1.29 is 0 Å². The fraction of sp³-hybridized carbons (Fsp3) is 0.200. The van der Waals surface area contributed by atoms with Crippen molar-refractivity contribution in [3.05, 3.63) is 35.1 Å². The highest BCUT2D eigenvalue weighted by molar-refractivity contribution is 6.30. The van der Waals surface area contributed by atoms with Gasteiger partial charge in [-0.05, 0) is 24.6 Å². The maximum atomic E-state index is 5.93. The van der Waals surface area contributed by atoms with E-state index in [0.29, 0.717) is 5.02 Å². The zero-order chi connectivity index (χ0) is 10.1. The van der Waals surface area contributed by atoms with Crippen LogP contribution in [-0.4, -0.2) is 14.8 Å². The largest absolute Gasteiger partial charge is 0.317 e. The molecule has 14 heavy (non-hydrogen) atoms. The summed E-state index contributed by atoms with van der Waals surface area (Å²) in [5, 5.41) is 8.60. The Kier molecular flexibility index (Phi) is 2.25. The average Bonchev–Trinajstić information content (AvgIpc) is 2.56. The van der Waals surface area contributed by atoms with Crippen molar-refractivity contribution in [1.82, 2.24) is 14.8 Å². The standard InChI is InChI=1S/C10H10ClN3/c1-7-3-4-8(11)5-9(7)10-13-12-6-14(10)2/h3-6H,1-2H3. The zero-order valence-corrected chi connectivity index (χ0v) is 8.78. The molecule has 1 heterocycles. The molecule has 0 N–H and O–H groups in total. The topological polar surface area (TPSA) is 30.7 Å². The van der Waals surface area contributed by atoms with Gasteiger partial charge in [0.15, 0.2) is 5.82 Å².